The van der Waals surface area contributed by atoms with E-state index < -0.39 is 18.0 Å². The molecule has 5 nitrogen and oxygen atoms in total. The molecule has 2 aromatic rings. The van der Waals surface area contributed by atoms with Crippen LogP contribution in [0.15, 0.2) is 42.5 Å². The highest BCUT2D eigenvalue weighted by Gasteiger charge is 2.29. The minimum Gasteiger partial charge on any atom is -0.497 e. The summed E-state index contributed by atoms with van der Waals surface area (Å²) < 4.78 is 15.0. The molecule has 0 bridgehead atoms. The number of cyclic esters (lactones) is 1. The van der Waals surface area contributed by atoms with Gasteiger partial charge in [-0.3, -0.25) is 0 Å². The maximum Gasteiger partial charge on any atom is 0.347 e. The van der Waals surface area contributed by atoms with Gasteiger partial charge in [-0.2, -0.15) is 0 Å². The van der Waals surface area contributed by atoms with Crippen LogP contribution in [-0.2, 0) is 19.1 Å². The molecule has 0 aromatic heterocycles. The van der Waals surface area contributed by atoms with Gasteiger partial charge in [0.1, 0.15) is 5.75 Å². The standard InChI is InChI=1S/C18H16O5/c1-21-15-6-5-13-10-12(2-4-14(13)11-15)3-7-17(19)23-16-8-9-22-18(16)20/h2-7,10-11,16H,8-9H2,1H3/b7-3+/t16-/m0/s1. The van der Waals surface area contributed by atoms with Crippen LogP contribution < -0.4 is 4.74 Å². The number of fused-ring (bicyclic) bond motifs is 1. The summed E-state index contributed by atoms with van der Waals surface area (Å²) in [6.07, 6.45) is 2.61. The first-order valence-corrected chi connectivity index (χ1v) is 7.29. The Hall–Kier alpha value is -2.82. The molecule has 118 valence electrons. The Morgan fingerprint density at radius 2 is 2.00 bits per heavy atom. The van der Waals surface area contributed by atoms with Crippen molar-refractivity contribution in [3.63, 3.8) is 0 Å². The number of hydrogen-bond donors (Lipinski definition) is 0. The predicted molar refractivity (Wildman–Crippen MR) is 85.0 cm³/mol. The molecular formula is C18H16O5. The van der Waals surface area contributed by atoms with Crippen LogP contribution in [0.3, 0.4) is 0 Å². The molecule has 0 amide bonds. The van der Waals surface area contributed by atoms with E-state index in [4.69, 9.17) is 14.2 Å². The third-order valence-electron chi connectivity index (χ3n) is 3.63. The van der Waals surface area contributed by atoms with Crippen molar-refractivity contribution in [1.82, 2.24) is 0 Å². The monoisotopic (exact) mass is 312 g/mol. The number of hydrogen-bond acceptors (Lipinski definition) is 5. The molecule has 1 heterocycles. The van der Waals surface area contributed by atoms with Gasteiger partial charge >= 0.3 is 11.9 Å². The molecule has 0 N–H and O–H groups in total. The number of carbonyl (C=O) groups excluding carboxylic acids is 2. The molecule has 3 rings (SSSR count). The summed E-state index contributed by atoms with van der Waals surface area (Å²) in [4.78, 5) is 23.0. The van der Waals surface area contributed by atoms with E-state index >= 15 is 0 Å². The molecule has 1 saturated heterocycles. The van der Waals surface area contributed by atoms with E-state index in [1.165, 1.54) is 6.08 Å². The molecule has 0 aliphatic carbocycles. The SMILES string of the molecule is COc1ccc2cc(/C=C/C(=O)O[C@H]3CCOC3=O)ccc2c1. The molecule has 0 saturated carbocycles. The highest BCUT2D eigenvalue weighted by atomic mass is 16.6. The van der Waals surface area contributed by atoms with Crippen molar-refractivity contribution >= 4 is 28.8 Å². The molecule has 2 aromatic carbocycles. The van der Waals surface area contributed by atoms with Gasteiger partial charge in [-0.05, 0) is 40.6 Å². The van der Waals surface area contributed by atoms with Crippen molar-refractivity contribution in [3.8, 4) is 5.75 Å². The fraction of sp³-hybridized carbons (Fsp3) is 0.222. The quantitative estimate of drug-likeness (QED) is 0.641. The molecule has 1 atom stereocenters. The first-order valence-electron chi connectivity index (χ1n) is 7.29. The molecule has 5 heteroatoms. The summed E-state index contributed by atoms with van der Waals surface area (Å²) in [5.74, 6) is -0.233. The van der Waals surface area contributed by atoms with Gasteiger partial charge in [-0.1, -0.05) is 18.2 Å². The van der Waals surface area contributed by atoms with Crippen LogP contribution >= 0.6 is 0 Å². The van der Waals surface area contributed by atoms with Crippen LogP contribution in [0.1, 0.15) is 12.0 Å². The van der Waals surface area contributed by atoms with Gasteiger partial charge in [0.05, 0.1) is 13.7 Å². The van der Waals surface area contributed by atoms with Gasteiger partial charge in [0.15, 0.2) is 0 Å². The number of carbonyl (C=O) groups is 2. The van der Waals surface area contributed by atoms with Gasteiger partial charge in [0.25, 0.3) is 0 Å². The lowest BCUT2D eigenvalue weighted by atomic mass is 10.1. The van der Waals surface area contributed by atoms with Crippen LogP contribution in [0.25, 0.3) is 16.8 Å². The lowest BCUT2D eigenvalue weighted by Crippen LogP contribution is -2.21. The smallest absolute Gasteiger partial charge is 0.347 e. The predicted octanol–water partition coefficient (Wildman–Crippen LogP) is 2.72. The minimum atomic E-state index is -0.781. The van der Waals surface area contributed by atoms with E-state index in [1.807, 2.05) is 36.4 Å². The first kappa shape index (κ1) is 15.1. The van der Waals surface area contributed by atoms with Crippen molar-refractivity contribution in [2.24, 2.45) is 0 Å². The van der Waals surface area contributed by atoms with E-state index in [0.717, 1.165) is 22.1 Å². The average molecular weight is 312 g/mol. The average Bonchev–Trinajstić information content (AvgIpc) is 2.97. The molecule has 1 aliphatic rings. The van der Waals surface area contributed by atoms with Crippen molar-refractivity contribution in [2.45, 2.75) is 12.5 Å². The summed E-state index contributed by atoms with van der Waals surface area (Å²) in [6, 6.07) is 11.6. The van der Waals surface area contributed by atoms with E-state index in [1.54, 1.807) is 13.2 Å². The molecule has 23 heavy (non-hydrogen) atoms. The fourth-order valence-electron chi connectivity index (χ4n) is 2.40. The van der Waals surface area contributed by atoms with Crippen LogP contribution in [0.4, 0.5) is 0 Å². The molecule has 0 radical (unpaired) electrons. The number of methoxy groups -OCH3 is 1. The maximum atomic E-state index is 11.7. The second-order valence-electron chi connectivity index (χ2n) is 5.19. The van der Waals surface area contributed by atoms with Crippen LogP contribution in [0.2, 0.25) is 0 Å². The normalized spacial score (nSPS) is 17.4. The largest absolute Gasteiger partial charge is 0.497 e. The van der Waals surface area contributed by atoms with E-state index in [0.29, 0.717) is 13.0 Å². The van der Waals surface area contributed by atoms with Crippen LogP contribution in [0.5, 0.6) is 5.75 Å². The summed E-state index contributed by atoms with van der Waals surface area (Å²) in [6.45, 7) is 0.300. The van der Waals surface area contributed by atoms with Crippen LogP contribution in [-0.4, -0.2) is 31.8 Å². The second kappa shape index (κ2) is 6.52. The third-order valence-corrected chi connectivity index (χ3v) is 3.63. The lowest BCUT2D eigenvalue weighted by Gasteiger charge is -2.05. The highest BCUT2D eigenvalue weighted by molar-refractivity contribution is 5.91. The summed E-state index contributed by atoms with van der Waals surface area (Å²) >= 11 is 0. The molecule has 1 fully saturated rings. The number of ether oxygens (including phenoxy) is 3. The zero-order valence-electron chi connectivity index (χ0n) is 12.7. The zero-order valence-corrected chi connectivity index (χ0v) is 12.7. The molecule has 1 aliphatic heterocycles. The maximum absolute atomic E-state index is 11.7. The number of rotatable bonds is 4. The Balaban J connectivity index is 1.70. The van der Waals surface area contributed by atoms with Gasteiger partial charge in [-0.25, -0.2) is 9.59 Å². The highest BCUT2D eigenvalue weighted by Crippen LogP contribution is 2.22. The molecular weight excluding hydrogens is 296 g/mol. The lowest BCUT2D eigenvalue weighted by molar-refractivity contribution is -0.156. The Morgan fingerprint density at radius 3 is 2.74 bits per heavy atom. The second-order valence-corrected chi connectivity index (χ2v) is 5.19. The Labute approximate surface area is 133 Å². The topological polar surface area (TPSA) is 61.8 Å². The minimum absolute atomic E-state index is 0.300. The van der Waals surface area contributed by atoms with Gasteiger partial charge < -0.3 is 14.2 Å². The Bertz CT molecular complexity index is 778. The van der Waals surface area contributed by atoms with Gasteiger partial charge in [0.2, 0.25) is 6.10 Å². The third kappa shape index (κ3) is 3.51. The first-order chi connectivity index (χ1) is 11.2. The zero-order chi connectivity index (χ0) is 16.2. The van der Waals surface area contributed by atoms with E-state index in [9.17, 15) is 9.59 Å². The number of esters is 2. The Kier molecular flexibility index (Phi) is 4.28. The summed E-state index contributed by atoms with van der Waals surface area (Å²) in [5.41, 5.74) is 0.869. The van der Waals surface area contributed by atoms with Gasteiger partial charge in [0, 0.05) is 12.5 Å². The van der Waals surface area contributed by atoms with Gasteiger partial charge in [-0.15, -0.1) is 0 Å². The fourth-order valence-corrected chi connectivity index (χ4v) is 2.40. The Morgan fingerprint density at radius 1 is 1.22 bits per heavy atom. The van der Waals surface area contributed by atoms with Crippen LogP contribution in [0, 0.1) is 0 Å². The van der Waals surface area contributed by atoms with Crippen molar-refractivity contribution in [1.29, 1.82) is 0 Å². The number of benzene rings is 2. The molecule has 0 unspecified atom stereocenters. The van der Waals surface area contributed by atoms with E-state index in [2.05, 4.69) is 0 Å². The summed E-state index contributed by atoms with van der Waals surface area (Å²) in [5, 5.41) is 2.10. The summed E-state index contributed by atoms with van der Waals surface area (Å²) in [7, 11) is 1.63. The van der Waals surface area contributed by atoms with Crippen molar-refractivity contribution < 1.29 is 23.8 Å². The molecule has 0 spiro atoms. The van der Waals surface area contributed by atoms with Crippen molar-refractivity contribution in [3.05, 3.63) is 48.0 Å². The van der Waals surface area contributed by atoms with E-state index in [-0.39, 0.29) is 0 Å². The van der Waals surface area contributed by atoms with Crippen molar-refractivity contribution in [2.75, 3.05) is 13.7 Å².